The van der Waals surface area contributed by atoms with Crippen LogP contribution in [0.15, 0.2) is 65.6 Å². The van der Waals surface area contributed by atoms with Gasteiger partial charge in [0.15, 0.2) is 5.65 Å². The van der Waals surface area contributed by atoms with Crippen molar-refractivity contribution in [2.24, 2.45) is 13.0 Å². The Morgan fingerprint density at radius 2 is 2.00 bits per heavy atom. The van der Waals surface area contributed by atoms with Gasteiger partial charge in [-0.15, -0.1) is 0 Å². The quantitative estimate of drug-likeness (QED) is 0.494. The molecule has 1 saturated heterocycles. The first-order chi connectivity index (χ1) is 16.0. The fourth-order valence-corrected chi connectivity index (χ4v) is 4.32. The number of rotatable bonds is 5. The maximum absolute atomic E-state index is 13.2. The molecule has 7 nitrogen and oxygen atoms in total. The van der Waals surface area contributed by atoms with Crippen molar-refractivity contribution in [3.05, 3.63) is 82.7 Å². The molecule has 1 fully saturated rings. The monoisotopic (exact) mass is 445 g/mol. The Bertz CT molecular complexity index is 1380. The van der Waals surface area contributed by atoms with Crippen LogP contribution in [0.4, 0.5) is 10.1 Å². The molecule has 3 heterocycles. The lowest BCUT2D eigenvalue weighted by molar-refractivity contribution is 0.0948. The number of pyridine rings is 1. The molecule has 33 heavy (non-hydrogen) atoms. The number of H-pyrrole nitrogens is 1. The summed E-state index contributed by atoms with van der Waals surface area (Å²) in [7, 11) is 1.69. The van der Waals surface area contributed by atoms with Gasteiger partial charge in [-0.1, -0.05) is 12.1 Å². The number of aromatic nitrogens is 3. The Hall–Kier alpha value is -3.94. The molecule has 0 unspecified atom stereocenters. The Balaban J connectivity index is 1.25. The van der Waals surface area contributed by atoms with Crippen molar-refractivity contribution in [1.82, 2.24) is 19.9 Å². The van der Waals surface area contributed by atoms with Crippen LogP contribution >= 0.6 is 0 Å². The second kappa shape index (κ2) is 8.54. The van der Waals surface area contributed by atoms with Crippen molar-refractivity contribution in [2.45, 2.75) is 6.42 Å². The van der Waals surface area contributed by atoms with Gasteiger partial charge in [-0.2, -0.15) is 0 Å². The molecule has 1 atom stereocenters. The number of halogens is 1. The summed E-state index contributed by atoms with van der Waals surface area (Å²) in [6.07, 6.45) is 2.66. The maximum Gasteiger partial charge on any atom is 0.327 e. The fourth-order valence-electron chi connectivity index (χ4n) is 4.32. The zero-order valence-electron chi connectivity index (χ0n) is 18.2. The predicted molar refractivity (Wildman–Crippen MR) is 126 cm³/mol. The SMILES string of the molecule is Cn1c(=O)[nH]c2ncc(-c3cccc(C(=O)NC[C@H]4CCN(c5ccc(F)cc5)C4)c3)cc21. The molecule has 1 amide bonds. The molecular formula is C25H24FN5O2. The third kappa shape index (κ3) is 4.24. The van der Waals surface area contributed by atoms with Gasteiger partial charge in [-0.3, -0.25) is 14.3 Å². The lowest BCUT2D eigenvalue weighted by atomic mass is 10.0. The Kier molecular flexibility index (Phi) is 5.42. The highest BCUT2D eigenvalue weighted by Gasteiger charge is 2.23. The van der Waals surface area contributed by atoms with Gasteiger partial charge in [0.25, 0.3) is 5.91 Å². The molecule has 1 aliphatic heterocycles. The summed E-state index contributed by atoms with van der Waals surface area (Å²) in [5.41, 5.74) is 4.29. The van der Waals surface area contributed by atoms with Crippen molar-refractivity contribution in [2.75, 3.05) is 24.5 Å². The normalized spacial score (nSPS) is 15.8. The van der Waals surface area contributed by atoms with Gasteiger partial charge in [0.2, 0.25) is 0 Å². The third-order valence-corrected chi connectivity index (χ3v) is 6.25. The lowest BCUT2D eigenvalue weighted by Gasteiger charge is -2.19. The van der Waals surface area contributed by atoms with Crippen LogP contribution in [0, 0.1) is 11.7 Å². The van der Waals surface area contributed by atoms with Crippen LogP contribution in [0.5, 0.6) is 0 Å². The number of aryl methyl sites for hydroxylation is 1. The largest absolute Gasteiger partial charge is 0.371 e. The van der Waals surface area contributed by atoms with E-state index in [4.69, 9.17) is 0 Å². The maximum atomic E-state index is 13.2. The number of nitrogens with one attached hydrogen (secondary N) is 2. The molecule has 0 bridgehead atoms. The Morgan fingerprint density at radius 1 is 1.18 bits per heavy atom. The topological polar surface area (TPSA) is 83.0 Å². The van der Waals surface area contributed by atoms with Crippen molar-refractivity contribution in [1.29, 1.82) is 0 Å². The van der Waals surface area contributed by atoms with E-state index in [1.165, 1.54) is 16.7 Å². The highest BCUT2D eigenvalue weighted by molar-refractivity contribution is 5.95. The number of anilines is 1. The van der Waals surface area contributed by atoms with E-state index in [-0.39, 0.29) is 17.4 Å². The van der Waals surface area contributed by atoms with Gasteiger partial charge < -0.3 is 10.2 Å². The summed E-state index contributed by atoms with van der Waals surface area (Å²) in [4.78, 5) is 33.9. The first kappa shape index (κ1) is 20.9. The summed E-state index contributed by atoms with van der Waals surface area (Å²) in [6.45, 7) is 2.30. The van der Waals surface area contributed by atoms with Gasteiger partial charge >= 0.3 is 5.69 Å². The molecule has 2 aromatic heterocycles. The van der Waals surface area contributed by atoms with Crippen LogP contribution in [-0.4, -0.2) is 40.1 Å². The van der Waals surface area contributed by atoms with Crippen molar-refractivity contribution in [3.8, 4) is 11.1 Å². The number of fused-ring (bicyclic) bond motifs is 1. The number of hydrogen-bond acceptors (Lipinski definition) is 4. The zero-order chi connectivity index (χ0) is 22.9. The van der Waals surface area contributed by atoms with E-state index in [0.717, 1.165) is 36.3 Å². The number of imidazole rings is 1. The summed E-state index contributed by atoms with van der Waals surface area (Å²) in [5, 5.41) is 3.05. The molecule has 1 aliphatic rings. The van der Waals surface area contributed by atoms with E-state index in [1.807, 2.05) is 24.3 Å². The van der Waals surface area contributed by atoms with E-state index in [9.17, 15) is 14.0 Å². The summed E-state index contributed by atoms with van der Waals surface area (Å²) in [5.74, 6) is -0.0272. The van der Waals surface area contributed by atoms with Crippen LogP contribution < -0.4 is 15.9 Å². The molecule has 0 aliphatic carbocycles. The number of nitrogens with zero attached hydrogens (tertiary/aromatic N) is 3. The zero-order valence-corrected chi connectivity index (χ0v) is 18.2. The minimum atomic E-state index is -0.239. The predicted octanol–water partition coefficient (Wildman–Crippen LogP) is 3.32. The average molecular weight is 445 g/mol. The van der Waals surface area contributed by atoms with Crippen LogP contribution in [0.3, 0.4) is 0 Å². The molecule has 0 radical (unpaired) electrons. The molecule has 2 aromatic carbocycles. The summed E-state index contributed by atoms with van der Waals surface area (Å²) < 4.78 is 14.7. The summed E-state index contributed by atoms with van der Waals surface area (Å²) in [6, 6.07) is 15.8. The first-order valence-electron chi connectivity index (χ1n) is 10.9. The Morgan fingerprint density at radius 3 is 2.82 bits per heavy atom. The van der Waals surface area contributed by atoms with Gasteiger partial charge in [-0.25, -0.2) is 14.2 Å². The third-order valence-electron chi connectivity index (χ3n) is 6.25. The second-order valence-electron chi connectivity index (χ2n) is 8.45. The van der Waals surface area contributed by atoms with Gasteiger partial charge in [0, 0.05) is 49.7 Å². The van der Waals surface area contributed by atoms with Crippen molar-refractivity contribution >= 4 is 22.8 Å². The second-order valence-corrected chi connectivity index (χ2v) is 8.45. The standard InChI is InChI=1S/C25H24FN5O2/c1-30-22-12-19(14-27-23(22)29-25(30)33)17-3-2-4-18(11-17)24(32)28-13-16-9-10-31(15-16)21-7-5-20(26)6-8-21/h2-8,11-12,14,16H,9-10,13,15H2,1H3,(H,28,32)(H,27,29,33)/t16-/m1/s1. The first-order valence-corrected chi connectivity index (χ1v) is 10.9. The van der Waals surface area contributed by atoms with E-state index in [0.29, 0.717) is 29.2 Å². The number of carbonyl (C=O) groups is 1. The molecule has 5 rings (SSSR count). The van der Waals surface area contributed by atoms with E-state index >= 15 is 0 Å². The number of carbonyl (C=O) groups excluding carboxylic acids is 1. The average Bonchev–Trinajstić information content (AvgIpc) is 3.42. The fraction of sp³-hybridized carbons (Fsp3) is 0.240. The molecule has 4 aromatic rings. The van der Waals surface area contributed by atoms with Crippen LogP contribution in [0.2, 0.25) is 0 Å². The summed E-state index contributed by atoms with van der Waals surface area (Å²) >= 11 is 0. The number of aromatic amines is 1. The molecule has 0 spiro atoms. The van der Waals surface area contributed by atoms with Gasteiger partial charge in [-0.05, 0) is 60.4 Å². The van der Waals surface area contributed by atoms with Gasteiger partial charge in [0.1, 0.15) is 5.82 Å². The number of amides is 1. The molecule has 168 valence electrons. The lowest BCUT2D eigenvalue weighted by Crippen LogP contribution is -2.31. The van der Waals surface area contributed by atoms with Crippen molar-refractivity contribution < 1.29 is 9.18 Å². The van der Waals surface area contributed by atoms with Crippen molar-refractivity contribution in [3.63, 3.8) is 0 Å². The van der Waals surface area contributed by atoms with Crippen LogP contribution in [0.25, 0.3) is 22.3 Å². The Labute approximate surface area is 189 Å². The molecular weight excluding hydrogens is 421 g/mol. The molecule has 2 N–H and O–H groups in total. The number of hydrogen-bond donors (Lipinski definition) is 2. The number of benzene rings is 2. The minimum Gasteiger partial charge on any atom is -0.371 e. The van der Waals surface area contributed by atoms with Crippen LogP contribution in [0.1, 0.15) is 16.8 Å². The molecule has 0 saturated carbocycles. The van der Waals surface area contributed by atoms with E-state index < -0.39 is 0 Å². The minimum absolute atomic E-state index is 0.125. The van der Waals surface area contributed by atoms with E-state index in [1.54, 1.807) is 31.4 Å². The highest BCUT2D eigenvalue weighted by atomic mass is 19.1. The smallest absolute Gasteiger partial charge is 0.327 e. The van der Waals surface area contributed by atoms with Crippen LogP contribution in [-0.2, 0) is 7.05 Å². The highest BCUT2D eigenvalue weighted by Crippen LogP contribution is 2.25. The van der Waals surface area contributed by atoms with E-state index in [2.05, 4.69) is 20.2 Å². The molecule has 8 heteroatoms. The van der Waals surface area contributed by atoms with Gasteiger partial charge in [0.05, 0.1) is 5.52 Å².